The zero-order valence-electron chi connectivity index (χ0n) is 22.5. The third kappa shape index (κ3) is 7.34. The van der Waals surface area contributed by atoms with Crippen molar-refractivity contribution in [1.82, 2.24) is 29.9 Å². The number of nitrogens with zero attached hydrogens (tertiary/aromatic N) is 4. The molecule has 0 unspecified atom stereocenters. The Morgan fingerprint density at radius 3 is 2.45 bits per heavy atom. The zero-order chi connectivity index (χ0) is 27.5. The predicted molar refractivity (Wildman–Crippen MR) is 152 cm³/mol. The van der Waals surface area contributed by atoms with Crippen LogP contribution in [0.5, 0.6) is 0 Å². The fourth-order valence-corrected chi connectivity index (χ4v) is 3.46. The van der Waals surface area contributed by atoms with E-state index in [9.17, 15) is 9.18 Å². The van der Waals surface area contributed by atoms with Crippen LogP contribution in [-0.4, -0.2) is 35.9 Å². The van der Waals surface area contributed by atoms with Crippen LogP contribution in [0.1, 0.15) is 51.9 Å². The summed E-state index contributed by atoms with van der Waals surface area (Å²) in [5.41, 5.74) is 3.56. The van der Waals surface area contributed by atoms with E-state index in [2.05, 4.69) is 71.7 Å². The molecule has 3 aromatic heterocycles. The molecule has 0 saturated heterocycles. The molecule has 0 aliphatic heterocycles. The third-order valence-electron chi connectivity index (χ3n) is 5.38. The van der Waals surface area contributed by atoms with Crippen molar-refractivity contribution in [2.75, 3.05) is 10.6 Å². The second-order valence-corrected chi connectivity index (χ2v) is 8.11. The average molecular weight is 519 g/mol. The molecule has 6 rings (SSSR count). The Bertz CT molecular complexity index is 1490. The predicted octanol–water partition coefficient (Wildman–Crippen LogP) is 5.96. The lowest BCUT2D eigenvalue weighted by molar-refractivity contribution is 0.638. The molecule has 10 heteroatoms. The van der Waals surface area contributed by atoms with Crippen LogP contribution in [0.4, 0.5) is 15.9 Å². The van der Waals surface area contributed by atoms with Crippen LogP contribution < -0.4 is 16.2 Å². The molecule has 1 saturated carbocycles. The van der Waals surface area contributed by atoms with E-state index in [0.29, 0.717) is 28.3 Å². The Kier molecular flexibility index (Phi) is 10.3. The quantitative estimate of drug-likeness (QED) is 0.226. The monoisotopic (exact) mass is 518 g/mol. The summed E-state index contributed by atoms with van der Waals surface area (Å²) in [5, 5.41) is 6.44. The van der Waals surface area contributed by atoms with Crippen LogP contribution >= 0.6 is 0 Å². The van der Waals surface area contributed by atoms with Gasteiger partial charge >= 0.3 is 0 Å². The van der Waals surface area contributed by atoms with Gasteiger partial charge in [0.25, 0.3) is 5.56 Å². The van der Waals surface area contributed by atoms with Crippen LogP contribution in [0.2, 0.25) is 0 Å². The molecule has 200 valence electrons. The molecule has 1 aliphatic carbocycles. The van der Waals surface area contributed by atoms with Gasteiger partial charge in [0, 0.05) is 11.7 Å². The van der Waals surface area contributed by atoms with Crippen LogP contribution in [-0.2, 0) is 6.54 Å². The Labute approximate surface area is 221 Å². The van der Waals surface area contributed by atoms with Gasteiger partial charge in [-0.15, -0.1) is 0 Å². The lowest BCUT2D eigenvalue weighted by atomic mass is 10.2. The smallest absolute Gasteiger partial charge is 0.261 e. The number of aromatic amines is 2. The van der Waals surface area contributed by atoms with E-state index >= 15 is 0 Å². The maximum Gasteiger partial charge on any atom is 0.261 e. The summed E-state index contributed by atoms with van der Waals surface area (Å²) in [5.74, 6) is 0.319. The number of H-pyrrole nitrogens is 2. The number of aryl methyl sites for hydroxylation is 1. The molecule has 2 aromatic carbocycles. The molecular formula is C28H35FN8O. The highest BCUT2D eigenvalue weighted by Crippen LogP contribution is 2.24. The van der Waals surface area contributed by atoms with E-state index in [0.717, 1.165) is 6.04 Å². The van der Waals surface area contributed by atoms with Crippen molar-refractivity contribution in [3.8, 4) is 0 Å². The van der Waals surface area contributed by atoms with Crippen molar-refractivity contribution in [2.45, 2.75) is 60.0 Å². The molecule has 1 fully saturated rings. The Morgan fingerprint density at radius 2 is 1.74 bits per heavy atom. The summed E-state index contributed by atoms with van der Waals surface area (Å²) >= 11 is 0. The topological polar surface area (TPSA) is 124 Å². The molecule has 0 radical (unpaired) electrons. The first kappa shape index (κ1) is 28.2. The highest BCUT2D eigenvalue weighted by molar-refractivity contribution is 5.82. The van der Waals surface area contributed by atoms with E-state index in [1.807, 2.05) is 27.7 Å². The van der Waals surface area contributed by atoms with Gasteiger partial charge in [-0.05, 0) is 44.0 Å². The average Bonchev–Trinajstić information content (AvgIpc) is 3.63. The van der Waals surface area contributed by atoms with Gasteiger partial charge in [-0.2, -0.15) is 0 Å². The minimum atomic E-state index is -0.592. The third-order valence-corrected chi connectivity index (χ3v) is 5.38. The number of benzene rings is 2. The molecular weight excluding hydrogens is 483 g/mol. The maximum atomic E-state index is 13.7. The Hall–Kier alpha value is -4.34. The first-order chi connectivity index (χ1) is 18.6. The zero-order valence-corrected chi connectivity index (χ0v) is 22.5. The fraction of sp³-hybridized carbons (Fsp3) is 0.321. The first-order valence-corrected chi connectivity index (χ1v) is 13.0. The van der Waals surface area contributed by atoms with E-state index in [1.165, 1.54) is 48.9 Å². The van der Waals surface area contributed by atoms with Crippen molar-refractivity contribution < 1.29 is 4.39 Å². The van der Waals surface area contributed by atoms with E-state index < -0.39 is 11.4 Å². The minimum Gasteiger partial charge on any atom is -0.382 e. The largest absolute Gasteiger partial charge is 0.382 e. The molecule has 0 bridgehead atoms. The fourth-order valence-electron chi connectivity index (χ4n) is 3.46. The molecule has 3 heterocycles. The summed E-state index contributed by atoms with van der Waals surface area (Å²) in [4.78, 5) is 33.9. The van der Waals surface area contributed by atoms with E-state index in [1.54, 1.807) is 6.07 Å². The lowest BCUT2D eigenvalue weighted by Gasteiger charge is -2.06. The lowest BCUT2D eigenvalue weighted by Crippen LogP contribution is -2.16. The summed E-state index contributed by atoms with van der Waals surface area (Å²) in [7, 11) is 0. The molecule has 38 heavy (non-hydrogen) atoms. The van der Waals surface area contributed by atoms with Crippen LogP contribution in [0.3, 0.4) is 0 Å². The highest BCUT2D eigenvalue weighted by atomic mass is 19.1. The molecule has 0 spiro atoms. The van der Waals surface area contributed by atoms with Crippen molar-refractivity contribution in [3.63, 3.8) is 0 Å². The summed E-state index contributed by atoms with van der Waals surface area (Å²) < 4.78 is 13.7. The molecule has 0 amide bonds. The SMILES string of the molecule is CC.CC.Cc1ccc(NC2CC2)cc1.O=c1[nH]c(CNc2ncnc3nc[nH]c23)nc2cccc(F)c12. The highest BCUT2D eigenvalue weighted by Gasteiger charge is 2.20. The van der Waals surface area contributed by atoms with Crippen LogP contribution in [0.25, 0.3) is 22.1 Å². The molecule has 9 nitrogen and oxygen atoms in total. The number of halogens is 1. The second-order valence-electron chi connectivity index (χ2n) is 8.11. The van der Waals surface area contributed by atoms with Gasteiger partial charge in [0.1, 0.15) is 28.9 Å². The van der Waals surface area contributed by atoms with Gasteiger partial charge in [0.05, 0.1) is 18.4 Å². The summed E-state index contributed by atoms with van der Waals surface area (Å²) in [6, 6.07) is 13.7. The van der Waals surface area contributed by atoms with Gasteiger partial charge in [-0.1, -0.05) is 51.5 Å². The number of rotatable bonds is 5. The van der Waals surface area contributed by atoms with E-state index in [-0.39, 0.29) is 11.9 Å². The number of hydrogen-bond acceptors (Lipinski definition) is 7. The molecule has 5 aromatic rings. The summed E-state index contributed by atoms with van der Waals surface area (Å²) in [6.45, 7) is 10.3. The number of anilines is 2. The first-order valence-electron chi connectivity index (χ1n) is 13.0. The van der Waals surface area contributed by atoms with Gasteiger partial charge in [0.2, 0.25) is 0 Å². The number of hydrogen-bond donors (Lipinski definition) is 4. The number of aromatic nitrogens is 6. The van der Waals surface area contributed by atoms with Crippen LogP contribution in [0, 0.1) is 12.7 Å². The second kappa shape index (κ2) is 13.8. The van der Waals surface area contributed by atoms with E-state index in [4.69, 9.17) is 0 Å². The summed E-state index contributed by atoms with van der Waals surface area (Å²) in [6.07, 6.45) is 5.59. The van der Waals surface area contributed by atoms with Gasteiger partial charge in [-0.25, -0.2) is 24.3 Å². The molecule has 0 atom stereocenters. The Balaban J connectivity index is 0.000000223. The van der Waals surface area contributed by atoms with Crippen molar-refractivity contribution in [2.24, 2.45) is 0 Å². The van der Waals surface area contributed by atoms with Crippen molar-refractivity contribution in [1.29, 1.82) is 0 Å². The number of imidazole rings is 1. The standard InChI is InChI=1S/C14H10FN7O.C10H13N.2C2H6/c15-7-2-1-3-8-10(7)14(23)22-9(21-8)4-16-12-11-13(18-5-17-11)20-6-19-12;1-8-2-4-9(5-3-8)11-10-6-7-10;2*1-2/h1-3,5-6H,4H2,(H,21,22,23)(H2,16,17,18,19,20);2-5,10-11H,6-7H2,1H3;2*1-2H3. The normalized spacial score (nSPS) is 11.8. The molecule has 4 N–H and O–H groups in total. The van der Waals surface area contributed by atoms with Gasteiger partial charge < -0.3 is 20.6 Å². The minimum absolute atomic E-state index is 0.0470. The van der Waals surface area contributed by atoms with Crippen molar-refractivity contribution in [3.05, 3.63) is 82.7 Å². The number of fused-ring (bicyclic) bond motifs is 2. The van der Waals surface area contributed by atoms with Gasteiger partial charge in [-0.3, -0.25) is 4.79 Å². The number of nitrogens with one attached hydrogen (secondary N) is 4. The Morgan fingerprint density at radius 1 is 1.00 bits per heavy atom. The maximum absolute atomic E-state index is 13.7. The van der Waals surface area contributed by atoms with Gasteiger partial charge in [0.15, 0.2) is 11.5 Å². The van der Waals surface area contributed by atoms with Crippen molar-refractivity contribution >= 4 is 33.6 Å². The van der Waals surface area contributed by atoms with Crippen LogP contribution in [0.15, 0.2) is 59.9 Å². The molecule has 1 aliphatic rings.